The molecule has 0 radical (unpaired) electrons. The Labute approximate surface area is 134 Å². The topological polar surface area (TPSA) is 38.7 Å². The first-order chi connectivity index (χ1) is 9.63. The Balaban J connectivity index is 2.14. The molecule has 20 heavy (non-hydrogen) atoms. The number of benzene rings is 2. The highest BCUT2D eigenvalue weighted by Crippen LogP contribution is 2.29. The first-order valence-electron chi connectivity index (χ1n) is 5.98. The summed E-state index contributed by atoms with van der Waals surface area (Å²) in [6.45, 7) is 0.415. The lowest BCUT2D eigenvalue weighted by molar-refractivity contribution is 0.280. The van der Waals surface area contributed by atoms with Crippen molar-refractivity contribution in [1.29, 1.82) is 0 Å². The Morgan fingerprint density at radius 2 is 1.80 bits per heavy atom. The van der Waals surface area contributed by atoms with Crippen molar-refractivity contribution < 1.29 is 14.6 Å². The zero-order valence-corrected chi connectivity index (χ0v) is 14.1. The van der Waals surface area contributed by atoms with E-state index in [-0.39, 0.29) is 6.61 Å². The van der Waals surface area contributed by atoms with Gasteiger partial charge in [0, 0.05) is 10.0 Å². The van der Waals surface area contributed by atoms with E-state index in [9.17, 15) is 0 Å². The van der Waals surface area contributed by atoms with Gasteiger partial charge in [0.1, 0.15) is 18.1 Å². The summed E-state index contributed by atoms with van der Waals surface area (Å²) in [4.78, 5) is 0. The van der Waals surface area contributed by atoms with Crippen LogP contribution in [0.2, 0.25) is 0 Å². The zero-order valence-electron chi connectivity index (χ0n) is 10.9. The molecule has 0 unspecified atom stereocenters. The van der Waals surface area contributed by atoms with Gasteiger partial charge in [0.25, 0.3) is 0 Å². The van der Waals surface area contributed by atoms with Gasteiger partial charge in [-0.3, -0.25) is 0 Å². The smallest absolute Gasteiger partial charge is 0.134 e. The van der Waals surface area contributed by atoms with Crippen LogP contribution in [0.25, 0.3) is 0 Å². The predicted molar refractivity (Wildman–Crippen MR) is 85.1 cm³/mol. The molecule has 0 saturated carbocycles. The molecule has 3 nitrogen and oxygen atoms in total. The van der Waals surface area contributed by atoms with Gasteiger partial charge in [0.15, 0.2) is 0 Å². The van der Waals surface area contributed by atoms with Crippen LogP contribution in [0.1, 0.15) is 11.1 Å². The molecule has 0 amide bonds. The fourth-order valence-electron chi connectivity index (χ4n) is 1.78. The van der Waals surface area contributed by atoms with Crippen LogP contribution in [-0.2, 0) is 13.2 Å². The van der Waals surface area contributed by atoms with E-state index in [0.29, 0.717) is 6.61 Å². The summed E-state index contributed by atoms with van der Waals surface area (Å²) in [5.41, 5.74) is 1.80. The van der Waals surface area contributed by atoms with Gasteiger partial charge in [0.05, 0.1) is 18.2 Å². The van der Waals surface area contributed by atoms with Crippen molar-refractivity contribution in [2.45, 2.75) is 13.2 Å². The minimum Gasteiger partial charge on any atom is -0.496 e. The highest BCUT2D eigenvalue weighted by Gasteiger charge is 2.07. The molecule has 5 heteroatoms. The molecule has 0 spiro atoms. The molecule has 0 fully saturated rings. The standard InChI is InChI=1S/C15H14Br2O3/c1-19-14-5-3-12(16)7-11(14)9-20-15-4-2-10(8-18)6-13(15)17/h2-7,18H,8-9H2,1H3. The third-order valence-corrected chi connectivity index (χ3v) is 3.92. The van der Waals surface area contributed by atoms with Gasteiger partial charge in [-0.25, -0.2) is 0 Å². The van der Waals surface area contributed by atoms with Crippen molar-refractivity contribution in [3.63, 3.8) is 0 Å². The third-order valence-electron chi connectivity index (χ3n) is 2.80. The third kappa shape index (κ3) is 3.75. The number of ether oxygens (including phenoxy) is 2. The number of hydrogen-bond donors (Lipinski definition) is 1. The number of hydrogen-bond acceptors (Lipinski definition) is 3. The predicted octanol–water partition coefficient (Wildman–Crippen LogP) is 4.29. The molecule has 2 rings (SSSR count). The highest BCUT2D eigenvalue weighted by atomic mass is 79.9. The van der Waals surface area contributed by atoms with Gasteiger partial charge in [0.2, 0.25) is 0 Å². The largest absolute Gasteiger partial charge is 0.496 e. The van der Waals surface area contributed by atoms with Gasteiger partial charge < -0.3 is 14.6 Å². The molecule has 0 aromatic heterocycles. The fraction of sp³-hybridized carbons (Fsp3) is 0.200. The highest BCUT2D eigenvalue weighted by molar-refractivity contribution is 9.10. The van der Waals surface area contributed by atoms with Crippen LogP contribution in [0.3, 0.4) is 0 Å². The molecular formula is C15H14Br2O3. The summed E-state index contributed by atoms with van der Waals surface area (Å²) in [6.07, 6.45) is 0. The molecule has 0 heterocycles. The maximum absolute atomic E-state index is 9.08. The molecule has 0 aliphatic rings. The maximum Gasteiger partial charge on any atom is 0.134 e. The van der Waals surface area contributed by atoms with Crippen LogP contribution in [0.4, 0.5) is 0 Å². The minimum atomic E-state index is 0.0122. The summed E-state index contributed by atoms with van der Waals surface area (Å²) in [5.74, 6) is 1.51. The van der Waals surface area contributed by atoms with Gasteiger partial charge in [-0.15, -0.1) is 0 Å². The van der Waals surface area contributed by atoms with E-state index in [4.69, 9.17) is 14.6 Å². The van der Waals surface area contributed by atoms with Gasteiger partial charge in [-0.2, -0.15) is 0 Å². The van der Waals surface area contributed by atoms with E-state index in [0.717, 1.165) is 31.6 Å². The first kappa shape index (κ1) is 15.4. The summed E-state index contributed by atoms with van der Waals surface area (Å²) >= 11 is 6.87. The number of halogens is 2. The summed E-state index contributed by atoms with van der Waals surface area (Å²) < 4.78 is 12.9. The average molecular weight is 402 g/mol. The van der Waals surface area contributed by atoms with E-state index in [2.05, 4.69) is 31.9 Å². The number of rotatable bonds is 5. The molecule has 2 aromatic rings. The lowest BCUT2D eigenvalue weighted by atomic mass is 10.2. The second-order valence-electron chi connectivity index (χ2n) is 4.17. The van der Waals surface area contributed by atoms with Crippen molar-refractivity contribution in [1.82, 2.24) is 0 Å². The van der Waals surface area contributed by atoms with E-state index >= 15 is 0 Å². The molecule has 0 aliphatic heterocycles. The second kappa shape index (κ2) is 7.11. The van der Waals surface area contributed by atoms with Crippen LogP contribution in [0.5, 0.6) is 11.5 Å². The number of aliphatic hydroxyl groups excluding tert-OH is 1. The maximum atomic E-state index is 9.08. The molecule has 2 aromatic carbocycles. The lowest BCUT2D eigenvalue weighted by Crippen LogP contribution is -1.99. The minimum absolute atomic E-state index is 0.0122. The van der Waals surface area contributed by atoms with Crippen LogP contribution in [-0.4, -0.2) is 12.2 Å². The Hall–Kier alpha value is -1.04. The Morgan fingerprint density at radius 1 is 1.05 bits per heavy atom. The quantitative estimate of drug-likeness (QED) is 0.811. The van der Waals surface area contributed by atoms with E-state index in [1.54, 1.807) is 7.11 Å². The SMILES string of the molecule is COc1ccc(Br)cc1COc1ccc(CO)cc1Br. The normalized spacial score (nSPS) is 10.4. The van der Waals surface area contributed by atoms with Crippen molar-refractivity contribution in [3.8, 4) is 11.5 Å². The Kier molecular flexibility index (Phi) is 5.46. The lowest BCUT2D eigenvalue weighted by Gasteiger charge is -2.12. The molecule has 0 saturated heterocycles. The number of aliphatic hydroxyl groups is 1. The molecule has 0 atom stereocenters. The molecular weight excluding hydrogens is 388 g/mol. The Bertz CT molecular complexity index is 600. The summed E-state index contributed by atoms with van der Waals surface area (Å²) in [7, 11) is 1.64. The van der Waals surface area contributed by atoms with Gasteiger partial charge in [-0.05, 0) is 51.8 Å². The van der Waals surface area contributed by atoms with Crippen molar-refractivity contribution in [2.75, 3.05) is 7.11 Å². The first-order valence-corrected chi connectivity index (χ1v) is 7.57. The van der Waals surface area contributed by atoms with Crippen LogP contribution < -0.4 is 9.47 Å². The zero-order chi connectivity index (χ0) is 14.5. The van der Waals surface area contributed by atoms with Crippen LogP contribution >= 0.6 is 31.9 Å². The van der Waals surface area contributed by atoms with Crippen molar-refractivity contribution >= 4 is 31.9 Å². The molecule has 1 N–H and O–H groups in total. The Morgan fingerprint density at radius 3 is 2.45 bits per heavy atom. The monoisotopic (exact) mass is 400 g/mol. The number of methoxy groups -OCH3 is 1. The average Bonchev–Trinajstić information content (AvgIpc) is 2.46. The second-order valence-corrected chi connectivity index (χ2v) is 5.94. The van der Waals surface area contributed by atoms with Crippen molar-refractivity contribution in [2.24, 2.45) is 0 Å². The van der Waals surface area contributed by atoms with Gasteiger partial charge in [-0.1, -0.05) is 22.0 Å². The fourth-order valence-corrected chi connectivity index (χ4v) is 2.72. The van der Waals surface area contributed by atoms with Crippen LogP contribution in [0.15, 0.2) is 45.3 Å². The summed E-state index contributed by atoms with van der Waals surface area (Å²) in [5, 5.41) is 9.08. The summed E-state index contributed by atoms with van der Waals surface area (Å²) in [6, 6.07) is 11.3. The van der Waals surface area contributed by atoms with Crippen LogP contribution in [0, 0.1) is 0 Å². The van der Waals surface area contributed by atoms with E-state index in [1.165, 1.54) is 0 Å². The molecule has 0 aliphatic carbocycles. The van der Waals surface area contributed by atoms with Crippen molar-refractivity contribution in [3.05, 3.63) is 56.5 Å². The molecule has 106 valence electrons. The van der Waals surface area contributed by atoms with Gasteiger partial charge >= 0.3 is 0 Å². The van der Waals surface area contributed by atoms with E-state index < -0.39 is 0 Å². The van der Waals surface area contributed by atoms with E-state index in [1.807, 2.05) is 36.4 Å². The molecule has 0 bridgehead atoms.